The molecule has 2 rings (SSSR count). The lowest BCUT2D eigenvalue weighted by atomic mass is 10.1. The van der Waals surface area contributed by atoms with Crippen LogP contribution in [-0.2, 0) is 4.74 Å². The number of nitrogens with one attached hydrogen (secondary N) is 1. The van der Waals surface area contributed by atoms with E-state index in [1.807, 2.05) is 0 Å². The summed E-state index contributed by atoms with van der Waals surface area (Å²) in [6.45, 7) is 2.09. The topological polar surface area (TPSA) is 82.3 Å². The predicted octanol–water partition coefficient (Wildman–Crippen LogP) is -0.129. The standard InChI is InChI=1S/C10H16N4O2/c1-15-10-2-9(13-6-14-10)12-3-7-4-16-5-8(7)11/h2,6-8H,3-5,11H2,1H3,(H,12,13,14)/t7-,8+/m1/s1. The molecule has 16 heavy (non-hydrogen) atoms. The smallest absolute Gasteiger partial charge is 0.218 e. The predicted molar refractivity (Wildman–Crippen MR) is 59.4 cm³/mol. The van der Waals surface area contributed by atoms with Crippen LogP contribution in [0.5, 0.6) is 5.88 Å². The first kappa shape index (κ1) is 11.1. The van der Waals surface area contributed by atoms with Crippen molar-refractivity contribution in [1.82, 2.24) is 9.97 Å². The highest BCUT2D eigenvalue weighted by atomic mass is 16.5. The van der Waals surface area contributed by atoms with Gasteiger partial charge in [-0.2, -0.15) is 0 Å². The van der Waals surface area contributed by atoms with Gasteiger partial charge >= 0.3 is 0 Å². The summed E-state index contributed by atoms with van der Waals surface area (Å²) in [6, 6.07) is 1.86. The number of hydrogen-bond acceptors (Lipinski definition) is 6. The van der Waals surface area contributed by atoms with E-state index in [1.165, 1.54) is 6.33 Å². The second-order valence-corrected chi connectivity index (χ2v) is 3.79. The van der Waals surface area contributed by atoms with Crippen LogP contribution in [-0.4, -0.2) is 42.9 Å². The zero-order valence-corrected chi connectivity index (χ0v) is 9.22. The Morgan fingerprint density at radius 1 is 1.56 bits per heavy atom. The van der Waals surface area contributed by atoms with Crippen molar-refractivity contribution < 1.29 is 9.47 Å². The molecule has 0 aromatic carbocycles. The van der Waals surface area contributed by atoms with Gasteiger partial charge in [0, 0.05) is 24.6 Å². The van der Waals surface area contributed by atoms with Crippen molar-refractivity contribution in [2.75, 3.05) is 32.2 Å². The van der Waals surface area contributed by atoms with Crippen LogP contribution in [0.4, 0.5) is 5.82 Å². The van der Waals surface area contributed by atoms with E-state index in [0.29, 0.717) is 25.0 Å². The van der Waals surface area contributed by atoms with E-state index in [-0.39, 0.29) is 6.04 Å². The van der Waals surface area contributed by atoms with Gasteiger partial charge < -0.3 is 20.5 Å². The summed E-state index contributed by atoms with van der Waals surface area (Å²) in [6.07, 6.45) is 1.46. The molecule has 0 amide bonds. The molecule has 0 spiro atoms. The van der Waals surface area contributed by atoms with Crippen molar-refractivity contribution >= 4 is 5.82 Å². The van der Waals surface area contributed by atoms with Gasteiger partial charge in [0.15, 0.2) is 0 Å². The zero-order chi connectivity index (χ0) is 11.4. The van der Waals surface area contributed by atoms with E-state index in [1.54, 1.807) is 13.2 Å². The highest BCUT2D eigenvalue weighted by Gasteiger charge is 2.24. The van der Waals surface area contributed by atoms with Crippen molar-refractivity contribution in [3.8, 4) is 5.88 Å². The summed E-state index contributed by atoms with van der Waals surface area (Å²) in [4.78, 5) is 8.02. The third kappa shape index (κ3) is 2.59. The fourth-order valence-electron chi connectivity index (χ4n) is 1.61. The van der Waals surface area contributed by atoms with Crippen molar-refractivity contribution in [2.45, 2.75) is 6.04 Å². The Kier molecular flexibility index (Phi) is 3.53. The Balaban J connectivity index is 1.88. The molecule has 0 radical (unpaired) electrons. The summed E-state index contributed by atoms with van der Waals surface area (Å²) in [5, 5.41) is 3.20. The van der Waals surface area contributed by atoms with Crippen LogP contribution in [0.2, 0.25) is 0 Å². The molecule has 1 aliphatic heterocycles. The van der Waals surface area contributed by atoms with Crippen molar-refractivity contribution in [1.29, 1.82) is 0 Å². The summed E-state index contributed by atoms with van der Waals surface area (Å²) in [5.41, 5.74) is 5.88. The minimum absolute atomic E-state index is 0.108. The third-order valence-corrected chi connectivity index (χ3v) is 2.64. The normalized spacial score (nSPS) is 24.4. The van der Waals surface area contributed by atoms with E-state index in [4.69, 9.17) is 15.2 Å². The largest absolute Gasteiger partial charge is 0.481 e. The summed E-state index contributed by atoms with van der Waals surface area (Å²) in [7, 11) is 1.58. The van der Waals surface area contributed by atoms with E-state index in [9.17, 15) is 0 Å². The Bertz CT molecular complexity index is 347. The molecular formula is C10H16N4O2. The van der Waals surface area contributed by atoms with Crippen LogP contribution >= 0.6 is 0 Å². The molecule has 3 N–H and O–H groups in total. The Labute approximate surface area is 94.2 Å². The monoisotopic (exact) mass is 224 g/mol. The number of nitrogens with zero attached hydrogens (tertiary/aromatic N) is 2. The lowest BCUT2D eigenvalue weighted by Gasteiger charge is -2.14. The Hall–Kier alpha value is -1.40. The van der Waals surface area contributed by atoms with Gasteiger partial charge in [0.25, 0.3) is 0 Å². The van der Waals surface area contributed by atoms with Gasteiger partial charge in [-0.1, -0.05) is 0 Å². The molecule has 1 aromatic rings. The number of anilines is 1. The van der Waals surface area contributed by atoms with E-state index < -0.39 is 0 Å². The van der Waals surface area contributed by atoms with Crippen LogP contribution in [0, 0.1) is 5.92 Å². The van der Waals surface area contributed by atoms with Gasteiger partial charge in [0.05, 0.1) is 20.3 Å². The fraction of sp³-hybridized carbons (Fsp3) is 0.600. The van der Waals surface area contributed by atoms with E-state index in [2.05, 4.69) is 15.3 Å². The molecule has 0 saturated carbocycles. The van der Waals surface area contributed by atoms with Crippen LogP contribution in [0.15, 0.2) is 12.4 Å². The lowest BCUT2D eigenvalue weighted by molar-refractivity contribution is 0.185. The highest BCUT2D eigenvalue weighted by molar-refractivity contribution is 5.37. The molecule has 6 heteroatoms. The molecule has 0 aliphatic carbocycles. The maximum Gasteiger partial charge on any atom is 0.218 e. The van der Waals surface area contributed by atoms with Crippen molar-refractivity contribution in [3.05, 3.63) is 12.4 Å². The molecule has 0 bridgehead atoms. The first-order valence-corrected chi connectivity index (χ1v) is 5.23. The third-order valence-electron chi connectivity index (χ3n) is 2.64. The second kappa shape index (κ2) is 5.09. The summed E-state index contributed by atoms with van der Waals surface area (Å²) in [5.74, 6) is 1.62. The average molecular weight is 224 g/mol. The number of methoxy groups -OCH3 is 1. The average Bonchev–Trinajstić information content (AvgIpc) is 2.72. The van der Waals surface area contributed by atoms with Crippen LogP contribution < -0.4 is 15.8 Å². The van der Waals surface area contributed by atoms with Crippen LogP contribution in [0.25, 0.3) is 0 Å². The van der Waals surface area contributed by atoms with Gasteiger partial charge in [0.2, 0.25) is 5.88 Å². The van der Waals surface area contributed by atoms with Gasteiger partial charge in [-0.05, 0) is 0 Å². The SMILES string of the molecule is COc1cc(NC[C@@H]2COC[C@@H]2N)ncn1. The second-order valence-electron chi connectivity index (χ2n) is 3.79. The molecule has 1 saturated heterocycles. The maximum atomic E-state index is 5.88. The molecule has 88 valence electrons. The van der Waals surface area contributed by atoms with Crippen LogP contribution in [0.3, 0.4) is 0 Å². The summed E-state index contributed by atoms with van der Waals surface area (Å²) < 4.78 is 10.3. The maximum absolute atomic E-state index is 5.88. The minimum Gasteiger partial charge on any atom is -0.481 e. The zero-order valence-electron chi connectivity index (χ0n) is 9.22. The lowest BCUT2D eigenvalue weighted by Crippen LogP contribution is -2.33. The highest BCUT2D eigenvalue weighted by Crippen LogP contribution is 2.14. The number of aromatic nitrogens is 2. The van der Waals surface area contributed by atoms with Gasteiger partial charge in [-0.15, -0.1) is 0 Å². The molecule has 2 heterocycles. The minimum atomic E-state index is 0.108. The van der Waals surface area contributed by atoms with Crippen LogP contribution in [0.1, 0.15) is 0 Å². The van der Waals surface area contributed by atoms with E-state index in [0.717, 1.165) is 12.4 Å². The summed E-state index contributed by atoms with van der Waals surface area (Å²) >= 11 is 0. The first-order chi connectivity index (χ1) is 7.79. The fourth-order valence-corrected chi connectivity index (χ4v) is 1.61. The number of ether oxygens (including phenoxy) is 2. The molecule has 0 unspecified atom stereocenters. The molecule has 1 fully saturated rings. The number of nitrogens with two attached hydrogens (primary N) is 1. The molecule has 1 aromatic heterocycles. The molecule has 2 atom stereocenters. The Morgan fingerprint density at radius 3 is 3.12 bits per heavy atom. The molecule has 1 aliphatic rings. The van der Waals surface area contributed by atoms with E-state index >= 15 is 0 Å². The molecular weight excluding hydrogens is 208 g/mol. The molecule has 6 nitrogen and oxygen atoms in total. The first-order valence-electron chi connectivity index (χ1n) is 5.23. The van der Waals surface area contributed by atoms with Crippen molar-refractivity contribution in [3.63, 3.8) is 0 Å². The Morgan fingerprint density at radius 2 is 2.44 bits per heavy atom. The van der Waals surface area contributed by atoms with Crippen molar-refractivity contribution in [2.24, 2.45) is 11.7 Å². The van der Waals surface area contributed by atoms with Gasteiger partial charge in [-0.3, -0.25) is 0 Å². The van der Waals surface area contributed by atoms with Gasteiger partial charge in [0.1, 0.15) is 12.1 Å². The quantitative estimate of drug-likeness (QED) is 0.741. The van der Waals surface area contributed by atoms with Gasteiger partial charge in [-0.25, -0.2) is 9.97 Å². The number of hydrogen-bond donors (Lipinski definition) is 2. The number of rotatable bonds is 4.